The minimum Gasteiger partial charge on any atom is -0.355 e. The molecule has 1 unspecified atom stereocenters. The number of nitrogens with one attached hydrogen (secondary N) is 2. The highest BCUT2D eigenvalue weighted by molar-refractivity contribution is 8.00. The van der Waals surface area contributed by atoms with Crippen molar-refractivity contribution in [3.05, 3.63) is 35.9 Å². The Hall–Kier alpha value is -1.69. The van der Waals surface area contributed by atoms with Crippen LogP contribution in [0, 0.1) is 0 Å². The molecule has 5 nitrogen and oxygen atoms in total. The zero-order chi connectivity index (χ0) is 18.1. The molecule has 0 aliphatic carbocycles. The predicted molar refractivity (Wildman–Crippen MR) is 107 cm³/mol. The van der Waals surface area contributed by atoms with E-state index in [0.29, 0.717) is 19.0 Å². The minimum atomic E-state index is 0.0794. The predicted octanol–water partition coefficient (Wildman–Crippen LogP) is 2.49. The van der Waals surface area contributed by atoms with Gasteiger partial charge in [-0.25, -0.2) is 0 Å². The molecule has 2 N–H and O–H groups in total. The monoisotopic (exact) mass is 362 g/mol. The van der Waals surface area contributed by atoms with Gasteiger partial charge in [0.2, 0.25) is 5.91 Å². The molecule has 1 saturated heterocycles. The summed E-state index contributed by atoms with van der Waals surface area (Å²) in [5.74, 6) is 2.00. The number of guanidine groups is 1. The van der Waals surface area contributed by atoms with Crippen LogP contribution >= 0.6 is 11.8 Å². The van der Waals surface area contributed by atoms with Crippen LogP contribution in [0.3, 0.4) is 0 Å². The molecule has 25 heavy (non-hydrogen) atoms. The number of thioether (sulfide) groups is 1. The maximum absolute atomic E-state index is 12.5. The van der Waals surface area contributed by atoms with E-state index in [2.05, 4.69) is 22.5 Å². The molecular weight excluding hydrogens is 332 g/mol. The second-order valence-electron chi connectivity index (χ2n) is 6.57. The van der Waals surface area contributed by atoms with E-state index in [4.69, 9.17) is 0 Å². The first-order valence-electron chi connectivity index (χ1n) is 8.96. The van der Waals surface area contributed by atoms with Crippen molar-refractivity contribution in [2.24, 2.45) is 4.99 Å². The van der Waals surface area contributed by atoms with E-state index in [0.717, 1.165) is 12.1 Å². The summed E-state index contributed by atoms with van der Waals surface area (Å²) in [7, 11) is 1.74. The van der Waals surface area contributed by atoms with Gasteiger partial charge in [0, 0.05) is 31.4 Å². The van der Waals surface area contributed by atoms with Gasteiger partial charge in [0.15, 0.2) is 5.96 Å². The maximum atomic E-state index is 12.5. The lowest BCUT2D eigenvalue weighted by atomic mass is 10.1. The fourth-order valence-corrected chi connectivity index (χ4v) is 4.16. The van der Waals surface area contributed by atoms with E-state index in [1.165, 1.54) is 18.6 Å². The number of aliphatic imine (C=N–C) groups is 1. The first kappa shape index (κ1) is 19.6. The lowest BCUT2D eigenvalue weighted by Gasteiger charge is -2.25. The molecule has 1 amide bonds. The van der Waals surface area contributed by atoms with Gasteiger partial charge in [-0.2, -0.15) is 11.8 Å². The highest BCUT2D eigenvalue weighted by atomic mass is 32.2. The van der Waals surface area contributed by atoms with Gasteiger partial charge in [-0.1, -0.05) is 30.3 Å². The number of benzene rings is 1. The fourth-order valence-electron chi connectivity index (χ4n) is 2.92. The number of likely N-dealkylation sites (N-methyl/N-ethyl adjacent to an activating group) is 1. The van der Waals surface area contributed by atoms with E-state index in [-0.39, 0.29) is 17.2 Å². The Morgan fingerprint density at radius 2 is 2.08 bits per heavy atom. The third-order valence-corrected chi connectivity index (χ3v) is 6.05. The van der Waals surface area contributed by atoms with E-state index in [9.17, 15) is 4.79 Å². The lowest BCUT2D eigenvalue weighted by molar-refractivity contribution is -0.130. The first-order chi connectivity index (χ1) is 12.1. The fraction of sp³-hybridized carbons (Fsp3) is 0.579. The zero-order valence-corrected chi connectivity index (χ0v) is 16.4. The molecule has 138 valence electrons. The highest BCUT2D eigenvalue weighted by Crippen LogP contribution is 2.36. The molecule has 1 fully saturated rings. The largest absolute Gasteiger partial charge is 0.355 e. The summed E-state index contributed by atoms with van der Waals surface area (Å²) in [6.45, 7) is 6.74. The highest BCUT2D eigenvalue weighted by Gasteiger charge is 2.29. The second kappa shape index (κ2) is 9.70. The van der Waals surface area contributed by atoms with Crippen molar-refractivity contribution in [3.8, 4) is 0 Å². The summed E-state index contributed by atoms with van der Waals surface area (Å²) in [6.07, 6.45) is 2.50. The number of amides is 1. The van der Waals surface area contributed by atoms with Crippen molar-refractivity contribution in [3.63, 3.8) is 0 Å². The summed E-state index contributed by atoms with van der Waals surface area (Å²) in [4.78, 5) is 18.6. The average Bonchev–Trinajstić information content (AvgIpc) is 3.07. The molecule has 0 bridgehead atoms. The van der Waals surface area contributed by atoms with Gasteiger partial charge in [-0.05, 0) is 38.0 Å². The van der Waals surface area contributed by atoms with Crippen LogP contribution in [0.4, 0.5) is 0 Å². The van der Waals surface area contributed by atoms with E-state index >= 15 is 0 Å². The molecule has 1 atom stereocenters. The van der Waals surface area contributed by atoms with E-state index < -0.39 is 0 Å². The van der Waals surface area contributed by atoms with Gasteiger partial charge in [0.1, 0.15) is 0 Å². The van der Waals surface area contributed by atoms with Gasteiger partial charge in [0.25, 0.3) is 0 Å². The smallest absolute Gasteiger partial charge is 0.242 e. The molecule has 0 saturated carbocycles. The first-order valence-corrected chi connectivity index (χ1v) is 9.95. The van der Waals surface area contributed by atoms with Gasteiger partial charge in [-0.3, -0.25) is 9.79 Å². The van der Waals surface area contributed by atoms with Crippen molar-refractivity contribution in [2.45, 2.75) is 38.0 Å². The van der Waals surface area contributed by atoms with Crippen LogP contribution < -0.4 is 10.6 Å². The third kappa shape index (κ3) is 6.27. The van der Waals surface area contributed by atoms with E-state index in [1.54, 1.807) is 7.05 Å². The molecule has 1 heterocycles. The number of rotatable bonds is 7. The van der Waals surface area contributed by atoms with Crippen LogP contribution in [0.2, 0.25) is 0 Å². The van der Waals surface area contributed by atoms with Gasteiger partial charge < -0.3 is 15.5 Å². The molecular formula is C19H30N4OS. The van der Waals surface area contributed by atoms with Crippen molar-refractivity contribution in [1.29, 1.82) is 0 Å². The number of hydrogen-bond acceptors (Lipinski definition) is 3. The van der Waals surface area contributed by atoms with Crippen LogP contribution in [-0.2, 0) is 11.3 Å². The van der Waals surface area contributed by atoms with Crippen LogP contribution in [0.25, 0.3) is 0 Å². The molecule has 1 aromatic carbocycles. The SMILES string of the molecule is CCN(Cc1ccccc1)C(=O)CNC(=NC)NCC1(C)CCCS1. The van der Waals surface area contributed by atoms with Crippen LogP contribution in [0.1, 0.15) is 32.3 Å². The molecule has 1 aromatic rings. The van der Waals surface area contributed by atoms with Gasteiger partial charge in [0.05, 0.1) is 6.54 Å². The molecule has 1 aliphatic rings. The van der Waals surface area contributed by atoms with Crippen molar-refractivity contribution < 1.29 is 4.79 Å². The number of carbonyl (C=O) groups excluding carboxylic acids is 1. The maximum Gasteiger partial charge on any atom is 0.242 e. The Labute approximate surface area is 155 Å². The summed E-state index contributed by atoms with van der Waals surface area (Å²) < 4.78 is 0.268. The topological polar surface area (TPSA) is 56.7 Å². The van der Waals surface area contributed by atoms with Crippen LogP contribution in [0.5, 0.6) is 0 Å². The summed E-state index contributed by atoms with van der Waals surface area (Å²) in [6, 6.07) is 10.1. The summed E-state index contributed by atoms with van der Waals surface area (Å²) in [5.41, 5.74) is 1.14. The standard InChI is InChI=1S/C19H30N4OS/c1-4-23(14-16-9-6-5-7-10-16)17(24)13-21-18(20-3)22-15-19(2)11-8-12-25-19/h5-7,9-10H,4,8,11-15H2,1-3H3,(H2,20,21,22). The Bertz CT molecular complexity index is 570. The Balaban J connectivity index is 1.79. The normalized spacial score (nSPS) is 20.4. The second-order valence-corrected chi connectivity index (χ2v) is 8.26. The molecule has 1 aliphatic heterocycles. The van der Waals surface area contributed by atoms with E-state index in [1.807, 2.05) is 53.9 Å². The molecule has 0 radical (unpaired) electrons. The molecule has 0 aromatic heterocycles. The van der Waals surface area contributed by atoms with Gasteiger partial charge >= 0.3 is 0 Å². The zero-order valence-electron chi connectivity index (χ0n) is 15.5. The summed E-state index contributed by atoms with van der Waals surface area (Å²) >= 11 is 2.01. The lowest BCUT2D eigenvalue weighted by Crippen LogP contribution is -2.47. The van der Waals surface area contributed by atoms with Crippen molar-refractivity contribution >= 4 is 23.6 Å². The van der Waals surface area contributed by atoms with Crippen LogP contribution in [-0.4, -0.2) is 53.9 Å². The van der Waals surface area contributed by atoms with Crippen molar-refractivity contribution in [2.75, 3.05) is 32.4 Å². The number of hydrogen-bond donors (Lipinski definition) is 2. The third-order valence-electron chi connectivity index (χ3n) is 4.51. The Morgan fingerprint density at radius 1 is 1.32 bits per heavy atom. The van der Waals surface area contributed by atoms with Crippen LogP contribution in [0.15, 0.2) is 35.3 Å². The number of nitrogens with zero attached hydrogens (tertiary/aromatic N) is 2. The quantitative estimate of drug-likeness (QED) is 0.578. The molecule has 2 rings (SSSR count). The Morgan fingerprint density at radius 3 is 2.68 bits per heavy atom. The van der Waals surface area contributed by atoms with Gasteiger partial charge in [-0.15, -0.1) is 0 Å². The minimum absolute atomic E-state index is 0.0794. The molecule has 6 heteroatoms. The molecule has 0 spiro atoms. The average molecular weight is 363 g/mol. The Kier molecular flexibility index (Phi) is 7.62. The summed E-state index contributed by atoms with van der Waals surface area (Å²) in [5, 5.41) is 6.51. The number of carbonyl (C=O) groups is 1. The van der Waals surface area contributed by atoms with Crippen molar-refractivity contribution in [1.82, 2.24) is 15.5 Å².